The number of rotatable bonds is 3. The van der Waals surface area contributed by atoms with Gasteiger partial charge in [0.1, 0.15) is 17.1 Å². The summed E-state index contributed by atoms with van der Waals surface area (Å²) in [7, 11) is 0. The molecule has 1 aliphatic carbocycles. The Morgan fingerprint density at radius 3 is 2.69 bits per heavy atom. The fourth-order valence-corrected chi connectivity index (χ4v) is 4.61. The fourth-order valence-electron chi connectivity index (χ4n) is 4.61. The normalized spacial score (nSPS) is 27.4. The lowest BCUT2D eigenvalue weighted by Gasteiger charge is -2.48. The van der Waals surface area contributed by atoms with Crippen LogP contribution < -0.4 is 10.4 Å². The average molecular weight is 350 g/mol. The molecule has 1 aliphatic heterocycles. The van der Waals surface area contributed by atoms with Crippen molar-refractivity contribution in [2.45, 2.75) is 51.6 Å². The molecule has 2 aliphatic rings. The standard InChI is InChI=1S/C23H26O3/c1-15(2)18-11-12-23(3)14-19(18)21-20(26-23)13-17(25-22(21)24)10-9-16-7-5-4-6-8-16/h4-10,13,15,18-19H,11-12,14H2,1-3H3/b10-9+/t18-,19-,23-/m1/s1. The van der Waals surface area contributed by atoms with Crippen molar-refractivity contribution in [2.75, 3.05) is 0 Å². The third kappa shape index (κ3) is 3.11. The van der Waals surface area contributed by atoms with Crippen LogP contribution in [-0.2, 0) is 0 Å². The fraction of sp³-hybridized carbons (Fsp3) is 0.435. The van der Waals surface area contributed by atoms with Gasteiger partial charge in [0.05, 0.1) is 5.56 Å². The van der Waals surface area contributed by atoms with Crippen molar-refractivity contribution in [3.05, 3.63) is 63.7 Å². The molecule has 3 heteroatoms. The van der Waals surface area contributed by atoms with E-state index in [2.05, 4.69) is 20.8 Å². The lowest BCUT2D eigenvalue weighted by Crippen LogP contribution is -2.46. The lowest BCUT2D eigenvalue weighted by molar-refractivity contribution is -0.00977. The molecule has 0 spiro atoms. The van der Waals surface area contributed by atoms with E-state index in [0.717, 1.165) is 36.1 Å². The van der Waals surface area contributed by atoms with Gasteiger partial charge in [-0.15, -0.1) is 0 Å². The van der Waals surface area contributed by atoms with Gasteiger partial charge in [0, 0.05) is 12.0 Å². The number of fused-ring (bicyclic) bond motifs is 4. The molecule has 3 nitrogen and oxygen atoms in total. The first-order valence-corrected chi connectivity index (χ1v) is 9.55. The maximum absolute atomic E-state index is 12.8. The molecular weight excluding hydrogens is 324 g/mol. The molecule has 26 heavy (non-hydrogen) atoms. The summed E-state index contributed by atoms with van der Waals surface area (Å²) in [5.74, 6) is 2.56. The molecule has 1 aromatic heterocycles. The van der Waals surface area contributed by atoms with E-state index in [9.17, 15) is 4.79 Å². The number of hydrogen-bond acceptors (Lipinski definition) is 3. The van der Waals surface area contributed by atoms with Crippen LogP contribution in [0.25, 0.3) is 12.2 Å². The van der Waals surface area contributed by atoms with Crippen LogP contribution in [0.15, 0.2) is 45.6 Å². The summed E-state index contributed by atoms with van der Waals surface area (Å²) in [6, 6.07) is 11.9. The van der Waals surface area contributed by atoms with Crippen LogP contribution >= 0.6 is 0 Å². The van der Waals surface area contributed by atoms with Crippen molar-refractivity contribution in [1.29, 1.82) is 0 Å². The zero-order valence-electron chi connectivity index (χ0n) is 15.7. The molecular formula is C23H26O3. The van der Waals surface area contributed by atoms with Crippen molar-refractivity contribution in [1.82, 2.24) is 0 Å². The van der Waals surface area contributed by atoms with Gasteiger partial charge in [-0.3, -0.25) is 0 Å². The molecule has 0 N–H and O–H groups in total. The van der Waals surface area contributed by atoms with E-state index in [1.54, 1.807) is 0 Å². The SMILES string of the molecule is CC(C)[C@H]1CC[C@]2(C)C[C@H]1c1c(cc(/C=C/c3ccccc3)oc1=O)O2. The molecule has 136 valence electrons. The van der Waals surface area contributed by atoms with E-state index >= 15 is 0 Å². The van der Waals surface area contributed by atoms with Crippen molar-refractivity contribution < 1.29 is 9.15 Å². The Hall–Kier alpha value is -2.29. The third-order valence-corrected chi connectivity index (χ3v) is 5.97. The Balaban J connectivity index is 1.73. The van der Waals surface area contributed by atoms with E-state index in [1.807, 2.05) is 48.6 Å². The summed E-state index contributed by atoms with van der Waals surface area (Å²) in [5, 5.41) is 0. The van der Waals surface area contributed by atoms with Crippen molar-refractivity contribution in [3.8, 4) is 5.75 Å². The van der Waals surface area contributed by atoms with Gasteiger partial charge >= 0.3 is 5.63 Å². The molecule has 1 fully saturated rings. The smallest absolute Gasteiger partial charge is 0.343 e. The van der Waals surface area contributed by atoms with Crippen LogP contribution in [0, 0.1) is 11.8 Å². The highest BCUT2D eigenvalue weighted by Crippen LogP contribution is 2.52. The molecule has 0 saturated heterocycles. The van der Waals surface area contributed by atoms with Gasteiger partial charge in [-0.05, 0) is 49.7 Å². The molecule has 2 heterocycles. The summed E-state index contributed by atoms with van der Waals surface area (Å²) in [5.41, 5.74) is 1.40. The highest BCUT2D eigenvalue weighted by molar-refractivity contribution is 5.67. The van der Waals surface area contributed by atoms with E-state index in [0.29, 0.717) is 17.6 Å². The van der Waals surface area contributed by atoms with E-state index < -0.39 is 0 Å². The number of ether oxygens (including phenoxy) is 1. The Morgan fingerprint density at radius 1 is 1.19 bits per heavy atom. The van der Waals surface area contributed by atoms with Crippen LogP contribution in [0.4, 0.5) is 0 Å². The van der Waals surface area contributed by atoms with E-state index in [-0.39, 0.29) is 17.1 Å². The third-order valence-electron chi connectivity index (χ3n) is 5.97. The summed E-state index contributed by atoms with van der Waals surface area (Å²) in [6.07, 6.45) is 6.85. The molecule has 2 aromatic rings. The van der Waals surface area contributed by atoms with Gasteiger partial charge in [0.25, 0.3) is 0 Å². The topological polar surface area (TPSA) is 39.4 Å². The summed E-state index contributed by atoms with van der Waals surface area (Å²) in [6.45, 7) is 6.68. The molecule has 4 rings (SSSR count). The van der Waals surface area contributed by atoms with Crippen LogP contribution in [0.2, 0.25) is 0 Å². The minimum Gasteiger partial charge on any atom is -0.487 e. The summed E-state index contributed by atoms with van der Waals surface area (Å²) >= 11 is 0. The van der Waals surface area contributed by atoms with Gasteiger partial charge in [-0.1, -0.05) is 50.3 Å². The Bertz CT molecular complexity index is 878. The highest BCUT2D eigenvalue weighted by Gasteiger charge is 2.47. The predicted octanol–water partition coefficient (Wildman–Crippen LogP) is 5.50. The minimum absolute atomic E-state index is 0.169. The second-order valence-corrected chi connectivity index (χ2v) is 8.27. The van der Waals surface area contributed by atoms with Gasteiger partial charge in [-0.25, -0.2) is 4.79 Å². The largest absolute Gasteiger partial charge is 0.487 e. The number of hydrogen-bond donors (Lipinski definition) is 0. The molecule has 1 aromatic carbocycles. The van der Waals surface area contributed by atoms with Crippen LogP contribution in [0.3, 0.4) is 0 Å². The van der Waals surface area contributed by atoms with Gasteiger partial charge in [0.2, 0.25) is 0 Å². The first-order chi connectivity index (χ1) is 12.5. The second kappa shape index (κ2) is 6.46. The molecule has 0 amide bonds. The van der Waals surface area contributed by atoms with Crippen LogP contribution in [-0.4, -0.2) is 5.60 Å². The summed E-state index contributed by atoms with van der Waals surface area (Å²) < 4.78 is 11.9. The minimum atomic E-state index is -0.241. The molecule has 2 bridgehead atoms. The number of benzene rings is 1. The van der Waals surface area contributed by atoms with Crippen LogP contribution in [0.5, 0.6) is 5.75 Å². The Morgan fingerprint density at radius 2 is 1.96 bits per heavy atom. The maximum Gasteiger partial charge on any atom is 0.343 e. The van der Waals surface area contributed by atoms with Crippen molar-refractivity contribution in [2.24, 2.45) is 11.8 Å². The molecule has 0 unspecified atom stereocenters. The van der Waals surface area contributed by atoms with Crippen molar-refractivity contribution >= 4 is 12.2 Å². The van der Waals surface area contributed by atoms with E-state index in [4.69, 9.17) is 9.15 Å². The average Bonchev–Trinajstić information content (AvgIpc) is 2.59. The molecule has 3 atom stereocenters. The first kappa shape index (κ1) is 17.1. The van der Waals surface area contributed by atoms with Crippen molar-refractivity contribution in [3.63, 3.8) is 0 Å². The van der Waals surface area contributed by atoms with Gasteiger partial charge in [0.15, 0.2) is 0 Å². The predicted molar refractivity (Wildman–Crippen MR) is 104 cm³/mol. The summed E-state index contributed by atoms with van der Waals surface area (Å²) in [4.78, 5) is 12.8. The van der Waals surface area contributed by atoms with Gasteiger partial charge in [-0.2, -0.15) is 0 Å². The van der Waals surface area contributed by atoms with Gasteiger partial charge < -0.3 is 9.15 Å². The van der Waals surface area contributed by atoms with Crippen LogP contribution in [0.1, 0.15) is 62.8 Å². The zero-order valence-corrected chi connectivity index (χ0v) is 15.7. The first-order valence-electron chi connectivity index (χ1n) is 9.55. The van der Waals surface area contributed by atoms with E-state index in [1.165, 1.54) is 0 Å². The Labute approximate surface area is 154 Å². The second-order valence-electron chi connectivity index (χ2n) is 8.27. The maximum atomic E-state index is 12.8. The quantitative estimate of drug-likeness (QED) is 0.733. The molecule has 0 radical (unpaired) electrons. The monoisotopic (exact) mass is 350 g/mol. The Kier molecular flexibility index (Phi) is 4.26. The zero-order chi connectivity index (χ0) is 18.3. The molecule has 1 saturated carbocycles. The lowest BCUT2D eigenvalue weighted by atomic mass is 9.64. The highest BCUT2D eigenvalue weighted by atomic mass is 16.5.